The Morgan fingerprint density at radius 1 is 1.30 bits per heavy atom. The molecule has 3 aromatic rings. The maximum absolute atomic E-state index is 12.3. The van der Waals surface area contributed by atoms with Gasteiger partial charge in [0, 0.05) is 17.1 Å². The molecule has 0 spiro atoms. The molecule has 2 heterocycles. The van der Waals surface area contributed by atoms with Gasteiger partial charge in [0.25, 0.3) is 11.5 Å². The van der Waals surface area contributed by atoms with Gasteiger partial charge in [0.05, 0.1) is 32.7 Å². The fraction of sp³-hybridized carbons (Fsp3) is 0.222. The third-order valence-corrected chi connectivity index (χ3v) is 5.70. The van der Waals surface area contributed by atoms with Gasteiger partial charge in [-0.2, -0.15) is 5.10 Å². The molecule has 0 aliphatic carbocycles. The van der Waals surface area contributed by atoms with Gasteiger partial charge in [-0.25, -0.2) is 9.67 Å². The van der Waals surface area contributed by atoms with E-state index in [1.807, 2.05) is 13.8 Å². The highest BCUT2D eigenvalue weighted by Crippen LogP contribution is 2.27. The van der Waals surface area contributed by atoms with Crippen molar-refractivity contribution in [3.8, 4) is 10.6 Å². The van der Waals surface area contributed by atoms with Crippen LogP contribution in [0.1, 0.15) is 21.1 Å². The molecule has 0 atom stereocenters. The Morgan fingerprint density at radius 3 is 2.78 bits per heavy atom. The number of thiazole rings is 1. The van der Waals surface area contributed by atoms with E-state index in [-0.39, 0.29) is 24.6 Å². The van der Waals surface area contributed by atoms with E-state index in [4.69, 9.17) is 11.6 Å². The summed E-state index contributed by atoms with van der Waals surface area (Å²) in [5.41, 5.74) is 1.72. The first-order valence-electron chi connectivity index (χ1n) is 8.11. The number of nitrogens with zero attached hydrogens (tertiary/aromatic N) is 3. The van der Waals surface area contributed by atoms with E-state index >= 15 is 0 Å². The van der Waals surface area contributed by atoms with Crippen molar-refractivity contribution in [2.45, 2.75) is 20.4 Å². The van der Waals surface area contributed by atoms with Crippen LogP contribution in [0.2, 0.25) is 5.02 Å². The Labute approximate surface area is 173 Å². The Morgan fingerprint density at radius 2 is 2.07 bits per heavy atom. The second kappa shape index (κ2) is 8.33. The second-order valence-corrected chi connectivity index (χ2v) is 8.33. The normalized spacial score (nSPS) is 10.8. The maximum Gasteiger partial charge on any atom is 0.266 e. The van der Waals surface area contributed by atoms with Crippen LogP contribution in [-0.4, -0.2) is 27.2 Å². The standard InChI is InChI=1S/C18H16BrClN4O2S/c1-10-17(27-11(2)22-10)15-5-6-16(25)24(23-15)8-7-21-18(26)13-9-12(19)3-4-14(13)20/h3-6,9H,7-8H2,1-2H3,(H,21,26). The molecule has 0 radical (unpaired) electrons. The highest BCUT2D eigenvalue weighted by molar-refractivity contribution is 9.10. The number of aryl methyl sites for hydroxylation is 2. The van der Waals surface area contributed by atoms with Crippen molar-refractivity contribution in [2.75, 3.05) is 6.54 Å². The van der Waals surface area contributed by atoms with E-state index in [1.165, 1.54) is 22.1 Å². The van der Waals surface area contributed by atoms with Crippen LogP contribution >= 0.6 is 38.9 Å². The monoisotopic (exact) mass is 466 g/mol. The Balaban J connectivity index is 1.72. The lowest BCUT2D eigenvalue weighted by molar-refractivity contribution is 0.0952. The zero-order valence-electron chi connectivity index (χ0n) is 14.6. The lowest BCUT2D eigenvalue weighted by atomic mass is 10.2. The topological polar surface area (TPSA) is 76.9 Å². The number of amides is 1. The summed E-state index contributed by atoms with van der Waals surface area (Å²) in [7, 11) is 0. The van der Waals surface area contributed by atoms with Gasteiger partial charge in [-0.05, 0) is 38.1 Å². The number of carbonyl (C=O) groups excluding carboxylic acids is 1. The summed E-state index contributed by atoms with van der Waals surface area (Å²) in [5, 5.41) is 8.48. The van der Waals surface area contributed by atoms with E-state index in [0.717, 1.165) is 20.1 Å². The van der Waals surface area contributed by atoms with Gasteiger partial charge in [0.1, 0.15) is 5.69 Å². The first kappa shape index (κ1) is 19.7. The Hall–Kier alpha value is -2.03. The first-order chi connectivity index (χ1) is 12.8. The highest BCUT2D eigenvalue weighted by Gasteiger charge is 2.12. The second-order valence-electron chi connectivity index (χ2n) is 5.81. The van der Waals surface area contributed by atoms with Crippen molar-refractivity contribution >= 4 is 44.8 Å². The molecule has 0 aliphatic heterocycles. The Bertz CT molecular complexity index is 1060. The van der Waals surface area contributed by atoms with Crippen molar-refractivity contribution in [2.24, 2.45) is 0 Å². The molecule has 2 aromatic heterocycles. The summed E-state index contributed by atoms with van der Waals surface area (Å²) in [6, 6.07) is 8.23. The number of hydrogen-bond acceptors (Lipinski definition) is 5. The van der Waals surface area contributed by atoms with Crippen LogP contribution in [0.25, 0.3) is 10.6 Å². The molecule has 6 nitrogen and oxygen atoms in total. The van der Waals surface area contributed by atoms with Crippen molar-refractivity contribution in [1.29, 1.82) is 0 Å². The van der Waals surface area contributed by atoms with Crippen LogP contribution in [0.4, 0.5) is 0 Å². The average Bonchev–Trinajstić information content (AvgIpc) is 2.96. The summed E-state index contributed by atoms with van der Waals surface area (Å²) in [6.45, 7) is 4.34. The lowest BCUT2D eigenvalue weighted by Gasteiger charge is -2.09. The number of nitrogens with one attached hydrogen (secondary N) is 1. The number of carbonyl (C=O) groups is 1. The maximum atomic E-state index is 12.3. The predicted octanol–water partition coefficient (Wildman–Crippen LogP) is 3.83. The molecule has 1 aromatic carbocycles. The molecule has 0 bridgehead atoms. The summed E-state index contributed by atoms with van der Waals surface area (Å²) in [5.74, 6) is -0.306. The summed E-state index contributed by atoms with van der Waals surface area (Å²) >= 11 is 10.9. The van der Waals surface area contributed by atoms with Crippen molar-refractivity contribution < 1.29 is 4.79 Å². The van der Waals surface area contributed by atoms with Crippen molar-refractivity contribution in [1.82, 2.24) is 20.1 Å². The summed E-state index contributed by atoms with van der Waals surface area (Å²) in [6.07, 6.45) is 0. The average molecular weight is 468 g/mol. The van der Waals surface area contributed by atoms with Gasteiger partial charge in [-0.1, -0.05) is 27.5 Å². The van der Waals surface area contributed by atoms with Crippen LogP contribution in [0, 0.1) is 13.8 Å². The van der Waals surface area contributed by atoms with Gasteiger partial charge in [-0.3, -0.25) is 9.59 Å². The molecule has 1 N–H and O–H groups in total. The lowest BCUT2D eigenvalue weighted by Crippen LogP contribution is -2.32. The minimum absolute atomic E-state index is 0.229. The van der Waals surface area contributed by atoms with Crippen molar-refractivity contribution in [3.05, 3.63) is 66.4 Å². The number of halogens is 2. The van der Waals surface area contributed by atoms with Crippen LogP contribution < -0.4 is 10.9 Å². The number of aromatic nitrogens is 3. The molecule has 1 amide bonds. The number of hydrogen-bond donors (Lipinski definition) is 1. The molecular weight excluding hydrogens is 452 g/mol. The largest absolute Gasteiger partial charge is 0.350 e. The molecule has 27 heavy (non-hydrogen) atoms. The van der Waals surface area contributed by atoms with E-state index in [2.05, 4.69) is 31.3 Å². The van der Waals surface area contributed by atoms with E-state index < -0.39 is 0 Å². The van der Waals surface area contributed by atoms with Gasteiger partial charge in [0.2, 0.25) is 0 Å². The van der Waals surface area contributed by atoms with Crippen molar-refractivity contribution in [3.63, 3.8) is 0 Å². The molecular formula is C18H16BrClN4O2S. The summed E-state index contributed by atoms with van der Waals surface area (Å²) in [4.78, 5) is 29.7. The highest BCUT2D eigenvalue weighted by atomic mass is 79.9. The molecule has 0 fully saturated rings. The SMILES string of the molecule is Cc1nc(C)c(-c2ccc(=O)n(CCNC(=O)c3cc(Br)ccc3Cl)n2)s1. The number of rotatable bonds is 5. The zero-order valence-corrected chi connectivity index (χ0v) is 17.8. The predicted molar refractivity (Wildman–Crippen MR) is 111 cm³/mol. The third-order valence-electron chi connectivity index (χ3n) is 3.78. The molecule has 140 valence electrons. The Kier molecular flexibility index (Phi) is 6.08. The van der Waals surface area contributed by atoms with Gasteiger partial charge >= 0.3 is 0 Å². The van der Waals surface area contributed by atoms with Crippen LogP contribution in [0.5, 0.6) is 0 Å². The molecule has 0 saturated carbocycles. The molecule has 0 unspecified atom stereocenters. The van der Waals surface area contributed by atoms with E-state index in [1.54, 1.807) is 24.3 Å². The quantitative estimate of drug-likeness (QED) is 0.619. The minimum atomic E-state index is -0.306. The van der Waals surface area contributed by atoms with Gasteiger partial charge < -0.3 is 5.32 Å². The number of benzene rings is 1. The first-order valence-corrected chi connectivity index (χ1v) is 10.1. The van der Waals surface area contributed by atoms with Crippen LogP contribution in [0.3, 0.4) is 0 Å². The zero-order chi connectivity index (χ0) is 19.6. The minimum Gasteiger partial charge on any atom is -0.350 e. The fourth-order valence-corrected chi connectivity index (χ4v) is 3.99. The molecule has 9 heteroatoms. The molecule has 0 aliphatic rings. The molecule has 3 rings (SSSR count). The third kappa shape index (κ3) is 4.63. The van der Waals surface area contributed by atoms with E-state index in [9.17, 15) is 9.59 Å². The smallest absolute Gasteiger partial charge is 0.266 e. The molecule has 0 saturated heterocycles. The van der Waals surface area contributed by atoms with E-state index in [0.29, 0.717) is 16.3 Å². The van der Waals surface area contributed by atoms with Gasteiger partial charge in [0.15, 0.2) is 0 Å². The van der Waals surface area contributed by atoms with Crippen LogP contribution in [-0.2, 0) is 6.54 Å². The summed E-state index contributed by atoms with van der Waals surface area (Å²) < 4.78 is 2.10. The van der Waals surface area contributed by atoms with Gasteiger partial charge in [-0.15, -0.1) is 11.3 Å². The van der Waals surface area contributed by atoms with Crippen LogP contribution in [0.15, 0.2) is 39.6 Å². The fourth-order valence-electron chi connectivity index (χ4n) is 2.54.